The van der Waals surface area contributed by atoms with Gasteiger partial charge in [-0.1, -0.05) is 12.1 Å². The normalized spacial score (nSPS) is 10.1. The Morgan fingerprint density at radius 1 is 1.08 bits per heavy atom. The molecule has 0 fully saturated rings. The van der Waals surface area contributed by atoms with Gasteiger partial charge in [0.2, 0.25) is 11.8 Å². The Hall–Kier alpha value is -3.20. The van der Waals surface area contributed by atoms with Crippen LogP contribution >= 0.6 is 0 Å². The zero-order valence-electron chi connectivity index (χ0n) is 14.1. The average Bonchev–Trinajstić information content (AvgIpc) is 2.64. The van der Waals surface area contributed by atoms with E-state index in [0.29, 0.717) is 30.3 Å². The molecule has 2 aromatic rings. The van der Waals surface area contributed by atoms with E-state index in [4.69, 9.17) is 9.47 Å². The molecule has 0 aliphatic heterocycles. The van der Waals surface area contributed by atoms with Gasteiger partial charge < -0.3 is 14.8 Å². The maximum absolute atomic E-state index is 12.8. The van der Waals surface area contributed by atoms with Crippen molar-refractivity contribution in [3.63, 3.8) is 0 Å². The predicted octanol–water partition coefficient (Wildman–Crippen LogP) is 1.64. The first kappa shape index (κ1) is 19.1. The van der Waals surface area contributed by atoms with Crippen LogP contribution in [0.3, 0.4) is 0 Å². The van der Waals surface area contributed by atoms with Crippen molar-refractivity contribution in [1.82, 2.24) is 15.8 Å². The number of urea groups is 1. The van der Waals surface area contributed by atoms with Crippen molar-refractivity contribution in [2.24, 2.45) is 0 Å². The first-order chi connectivity index (χ1) is 12.6. The highest BCUT2D eigenvalue weighted by molar-refractivity contribution is 5.91. The zero-order valence-corrected chi connectivity index (χ0v) is 14.1. The number of halogens is 1. The summed E-state index contributed by atoms with van der Waals surface area (Å²) in [5.41, 5.74) is 5.53. The van der Waals surface area contributed by atoms with E-state index in [-0.39, 0.29) is 12.2 Å². The number of pyridine rings is 1. The molecule has 0 radical (unpaired) electrons. The fraction of sp³-hybridized carbons (Fsp3) is 0.235. The van der Waals surface area contributed by atoms with Gasteiger partial charge in [0, 0.05) is 13.2 Å². The second kappa shape index (κ2) is 9.94. The van der Waals surface area contributed by atoms with E-state index < -0.39 is 11.9 Å². The average molecular weight is 362 g/mol. The fourth-order valence-electron chi connectivity index (χ4n) is 1.89. The van der Waals surface area contributed by atoms with Gasteiger partial charge in [0.1, 0.15) is 12.4 Å². The van der Waals surface area contributed by atoms with Crippen molar-refractivity contribution in [2.45, 2.75) is 6.42 Å². The van der Waals surface area contributed by atoms with Gasteiger partial charge >= 0.3 is 6.03 Å². The zero-order chi connectivity index (χ0) is 18.8. The van der Waals surface area contributed by atoms with Crippen LogP contribution in [-0.4, -0.2) is 37.2 Å². The van der Waals surface area contributed by atoms with Crippen molar-refractivity contribution in [2.75, 3.05) is 25.6 Å². The minimum Gasteiger partial charge on any atom is -0.475 e. The number of aromatic nitrogens is 1. The number of nitrogens with zero attached hydrogens (tertiary/aromatic N) is 1. The molecule has 3 N–H and O–H groups in total. The van der Waals surface area contributed by atoms with Gasteiger partial charge in [-0.25, -0.2) is 19.6 Å². The van der Waals surface area contributed by atoms with Gasteiger partial charge in [-0.2, -0.15) is 0 Å². The van der Waals surface area contributed by atoms with Crippen LogP contribution in [0.25, 0.3) is 0 Å². The molecule has 0 saturated carbocycles. The third kappa shape index (κ3) is 6.73. The summed E-state index contributed by atoms with van der Waals surface area (Å²) in [4.78, 5) is 27.5. The maximum Gasteiger partial charge on any atom is 0.337 e. The lowest BCUT2D eigenvalue weighted by Crippen LogP contribution is -2.44. The van der Waals surface area contributed by atoms with Crippen LogP contribution in [0.5, 0.6) is 5.88 Å². The molecule has 0 bridgehead atoms. The van der Waals surface area contributed by atoms with Crippen molar-refractivity contribution in [3.05, 3.63) is 54.0 Å². The quantitative estimate of drug-likeness (QED) is 0.513. The highest BCUT2D eigenvalue weighted by Crippen LogP contribution is 2.11. The number of hydrogen-bond donors (Lipinski definition) is 3. The molecule has 0 spiro atoms. The number of amides is 3. The molecule has 26 heavy (non-hydrogen) atoms. The standard InChI is InChI=1S/C17H19FN4O4/c1-25-8-9-26-16-7-6-14(11-19-16)20-17(24)22-21-15(23)10-12-2-4-13(18)5-3-12/h2-7,11H,8-10H2,1H3,(H,21,23)(H2,20,22,24). The number of methoxy groups -OCH3 is 1. The summed E-state index contributed by atoms with van der Waals surface area (Å²) < 4.78 is 23.0. The minimum atomic E-state index is -0.632. The fourth-order valence-corrected chi connectivity index (χ4v) is 1.89. The number of hydrogen-bond acceptors (Lipinski definition) is 5. The van der Waals surface area contributed by atoms with E-state index in [2.05, 4.69) is 21.2 Å². The van der Waals surface area contributed by atoms with E-state index in [1.165, 1.54) is 30.5 Å². The molecule has 1 heterocycles. The van der Waals surface area contributed by atoms with Gasteiger partial charge in [-0.15, -0.1) is 0 Å². The summed E-state index contributed by atoms with van der Waals surface area (Å²) in [7, 11) is 1.57. The lowest BCUT2D eigenvalue weighted by atomic mass is 10.1. The number of carbonyl (C=O) groups is 2. The molecule has 0 unspecified atom stereocenters. The lowest BCUT2D eigenvalue weighted by molar-refractivity contribution is -0.121. The van der Waals surface area contributed by atoms with Crippen LogP contribution < -0.4 is 20.9 Å². The number of ether oxygens (including phenoxy) is 2. The van der Waals surface area contributed by atoms with Gasteiger partial charge in [0.05, 0.1) is 24.9 Å². The van der Waals surface area contributed by atoms with E-state index in [1.54, 1.807) is 19.2 Å². The van der Waals surface area contributed by atoms with Crippen molar-refractivity contribution < 1.29 is 23.5 Å². The van der Waals surface area contributed by atoms with Gasteiger partial charge in [0.25, 0.3) is 0 Å². The molecule has 8 nitrogen and oxygen atoms in total. The minimum absolute atomic E-state index is 0.00955. The molecular formula is C17H19FN4O4. The van der Waals surface area contributed by atoms with E-state index in [1.807, 2.05) is 0 Å². The third-order valence-corrected chi connectivity index (χ3v) is 3.13. The van der Waals surface area contributed by atoms with Crippen molar-refractivity contribution in [3.8, 4) is 5.88 Å². The Balaban J connectivity index is 1.72. The molecule has 0 aliphatic carbocycles. The topological polar surface area (TPSA) is 102 Å². The first-order valence-corrected chi connectivity index (χ1v) is 7.75. The first-order valence-electron chi connectivity index (χ1n) is 7.75. The molecule has 3 amide bonds. The number of carbonyl (C=O) groups excluding carboxylic acids is 2. The summed E-state index contributed by atoms with van der Waals surface area (Å²) in [6, 6.07) is 8.09. The summed E-state index contributed by atoms with van der Waals surface area (Å²) in [6.07, 6.45) is 1.43. The predicted molar refractivity (Wildman–Crippen MR) is 92.0 cm³/mol. The van der Waals surface area contributed by atoms with Crippen LogP contribution in [0, 0.1) is 5.82 Å². The van der Waals surface area contributed by atoms with Crippen LogP contribution in [-0.2, 0) is 16.0 Å². The maximum atomic E-state index is 12.8. The van der Waals surface area contributed by atoms with E-state index in [9.17, 15) is 14.0 Å². The molecule has 1 aromatic heterocycles. The van der Waals surface area contributed by atoms with Gasteiger partial charge in [-0.3, -0.25) is 10.2 Å². The van der Waals surface area contributed by atoms with Gasteiger partial charge in [-0.05, 0) is 23.8 Å². The smallest absolute Gasteiger partial charge is 0.337 e. The summed E-state index contributed by atoms with van der Waals surface area (Å²) in [5, 5.41) is 2.51. The number of rotatable bonds is 7. The van der Waals surface area contributed by atoms with Crippen LogP contribution in [0.15, 0.2) is 42.6 Å². The Morgan fingerprint density at radius 2 is 1.85 bits per heavy atom. The SMILES string of the molecule is COCCOc1ccc(NC(=O)NNC(=O)Cc2ccc(F)cc2)cn1. The van der Waals surface area contributed by atoms with E-state index in [0.717, 1.165) is 0 Å². The Bertz CT molecular complexity index is 723. The summed E-state index contributed by atoms with van der Waals surface area (Å²) in [5.74, 6) is -0.414. The van der Waals surface area contributed by atoms with Crippen LogP contribution in [0.2, 0.25) is 0 Å². The second-order valence-corrected chi connectivity index (χ2v) is 5.16. The largest absolute Gasteiger partial charge is 0.475 e. The lowest BCUT2D eigenvalue weighted by Gasteiger charge is -2.09. The Kier molecular flexibility index (Phi) is 7.31. The molecule has 2 rings (SSSR count). The molecule has 138 valence electrons. The Labute approximate surface area is 149 Å². The number of hydrazine groups is 1. The van der Waals surface area contributed by atoms with Crippen molar-refractivity contribution in [1.29, 1.82) is 0 Å². The summed E-state index contributed by atoms with van der Waals surface area (Å²) in [6.45, 7) is 0.818. The summed E-state index contributed by atoms with van der Waals surface area (Å²) >= 11 is 0. The molecule has 0 aliphatic rings. The van der Waals surface area contributed by atoms with Crippen LogP contribution in [0.4, 0.5) is 14.9 Å². The molecule has 0 atom stereocenters. The Morgan fingerprint density at radius 3 is 2.50 bits per heavy atom. The molecular weight excluding hydrogens is 343 g/mol. The number of benzene rings is 1. The third-order valence-electron chi connectivity index (χ3n) is 3.13. The van der Waals surface area contributed by atoms with Crippen molar-refractivity contribution >= 4 is 17.6 Å². The molecule has 0 saturated heterocycles. The van der Waals surface area contributed by atoms with E-state index >= 15 is 0 Å². The highest BCUT2D eigenvalue weighted by atomic mass is 19.1. The molecule has 9 heteroatoms. The number of anilines is 1. The number of nitrogens with one attached hydrogen (secondary N) is 3. The highest BCUT2D eigenvalue weighted by Gasteiger charge is 2.07. The second-order valence-electron chi connectivity index (χ2n) is 5.16. The monoisotopic (exact) mass is 362 g/mol. The van der Waals surface area contributed by atoms with Crippen LogP contribution in [0.1, 0.15) is 5.56 Å². The molecule has 1 aromatic carbocycles. The van der Waals surface area contributed by atoms with Gasteiger partial charge in [0.15, 0.2) is 0 Å².